The summed E-state index contributed by atoms with van der Waals surface area (Å²) in [6.07, 6.45) is 2.10. The topological polar surface area (TPSA) is 66.5 Å². The summed E-state index contributed by atoms with van der Waals surface area (Å²) in [7, 11) is -3.26. The van der Waals surface area contributed by atoms with Gasteiger partial charge in [-0.15, -0.1) is 0 Å². The number of hydrogen-bond donors (Lipinski definition) is 1. The van der Waals surface area contributed by atoms with Gasteiger partial charge in [0.15, 0.2) is 0 Å². The van der Waals surface area contributed by atoms with Crippen LogP contribution >= 0.6 is 0 Å². The van der Waals surface area contributed by atoms with Crippen LogP contribution in [0.25, 0.3) is 0 Å². The highest BCUT2D eigenvalue weighted by molar-refractivity contribution is 7.88. The van der Waals surface area contributed by atoms with E-state index in [0.29, 0.717) is 0 Å². The second-order valence-electron chi connectivity index (χ2n) is 5.68. The summed E-state index contributed by atoms with van der Waals surface area (Å²) in [5, 5.41) is 2.82. The van der Waals surface area contributed by atoms with Crippen LogP contribution in [0.5, 0.6) is 0 Å². The molecule has 0 aromatic rings. The number of carbonyl (C=O) groups excluding carboxylic acids is 1. The monoisotopic (exact) mass is 278 g/mol. The van der Waals surface area contributed by atoms with Gasteiger partial charge in [0.1, 0.15) is 0 Å². The van der Waals surface area contributed by atoms with E-state index in [9.17, 15) is 13.2 Å². The van der Waals surface area contributed by atoms with E-state index in [1.807, 2.05) is 34.6 Å². The first kappa shape index (κ1) is 17.4. The van der Waals surface area contributed by atoms with E-state index in [0.717, 1.165) is 6.42 Å². The first-order chi connectivity index (χ1) is 7.97. The molecule has 0 fully saturated rings. The minimum Gasteiger partial charge on any atom is -0.351 e. The van der Waals surface area contributed by atoms with E-state index in [1.165, 1.54) is 10.6 Å². The third-order valence-electron chi connectivity index (χ3n) is 2.58. The predicted octanol–water partition coefficient (Wildman–Crippen LogP) is 1.35. The Labute approximate surface area is 111 Å². The Morgan fingerprint density at radius 1 is 1.33 bits per heavy atom. The summed E-state index contributed by atoms with van der Waals surface area (Å²) in [6.45, 7) is 9.70. The zero-order valence-corrected chi connectivity index (χ0v) is 13.1. The van der Waals surface area contributed by atoms with Crippen LogP contribution in [0.4, 0.5) is 0 Å². The number of nitrogens with zero attached hydrogens (tertiary/aromatic N) is 1. The lowest BCUT2D eigenvalue weighted by Crippen LogP contribution is -2.44. The van der Waals surface area contributed by atoms with Crippen LogP contribution in [0.3, 0.4) is 0 Å². The molecule has 0 aliphatic heterocycles. The SMILES string of the molecule is CCC(C)N(CCC(=O)NC(C)(C)C)S(C)(=O)=O. The fourth-order valence-electron chi connectivity index (χ4n) is 1.61. The molecule has 6 heteroatoms. The van der Waals surface area contributed by atoms with Crippen molar-refractivity contribution in [3.63, 3.8) is 0 Å². The van der Waals surface area contributed by atoms with Gasteiger partial charge in [0, 0.05) is 24.5 Å². The van der Waals surface area contributed by atoms with Crippen molar-refractivity contribution >= 4 is 15.9 Å². The molecule has 0 saturated heterocycles. The molecule has 18 heavy (non-hydrogen) atoms. The van der Waals surface area contributed by atoms with Gasteiger partial charge in [-0.1, -0.05) is 6.92 Å². The number of hydrogen-bond acceptors (Lipinski definition) is 3. The molecule has 0 aliphatic rings. The fourth-order valence-corrected chi connectivity index (χ4v) is 2.83. The molecule has 0 aromatic carbocycles. The molecule has 1 N–H and O–H groups in total. The molecule has 0 bridgehead atoms. The van der Waals surface area contributed by atoms with E-state index in [1.54, 1.807) is 0 Å². The Morgan fingerprint density at radius 3 is 2.17 bits per heavy atom. The fraction of sp³-hybridized carbons (Fsp3) is 0.917. The van der Waals surface area contributed by atoms with Gasteiger partial charge < -0.3 is 5.32 Å². The molecule has 1 amide bonds. The van der Waals surface area contributed by atoms with Crippen molar-refractivity contribution in [1.29, 1.82) is 0 Å². The van der Waals surface area contributed by atoms with Gasteiger partial charge in [-0.3, -0.25) is 4.79 Å². The van der Waals surface area contributed by atoms with Gasteiger partial charge in [0.05, 0.1) is 6.26 Å². The lowest BCUT2D eigenvalue weighted by Gasteiger charge is -2.26. The van der Waals surface area contributed by atoms with E-state index < -0.39 is 10.0 Å². The largest absolute Gasteiger partial charge is 0.351 e. The van der Waals surface area contributed by atoms with Crippen molar-refractivity contribution in [2.45, 2.75) is 59.0 Å². The molecular formula is C12H26N2O3S. The zero-order valence-electron chi connectivity index (χ0n) is 12.3. The van der Waals surface area contributed by atoms with Gasteiger partial charge in [0.25, 0.3) is 0 Å². The van der Waals surface area contributed by atoms with E-state index in [4.69, 9.17) is 0 Å². The highest BCUT2D eigenvalue weighted by Crippen LogP contribution is 2.10. The van der Waals surface area contributed by atoms with Crippen molar-refractivity contribution in [2.75, 3.05) is 12.8 Å². The van der Waals surface area contributed by atoms with Gasteiger partial charge in [-0.2, -0.15) is 4.31 Å². The van der Waals surface area contributed by atoms with Gasteiger partial charge in [-0.25, -0.2) is 8.42 Å². The van der Waals surface area contributed by atoms with Crippen molar-refractivity contribution in [2.24, 2.45) is 0 Å². The normalized spacial score (nSPS) is 14.6. The first-order valence-corrected chi connectivity index (χ1v) is 8.10. The average Bonchev–Trinajstić information content (AvgIpc) is 2.12. The molecule has 0 aromatic heterocycles. The summed E-state index contributed by atoms with van der Waals surface area (Å²) < 4.78 is 24.6. The Bertz CT molecular complexity index is 371. The van der Waals surface area contributed by atoms with Crippen molar-refractivity contribution < 1.29 is 13.2 Å². The second-order valence-corrected chi connectivity index (χ2v) is 7.61. The molecule has 0 aliphatic carbocycles. The Kier molecular flexibility index (Phi) is 6.29. The van der Waals surface area contributed by atoms with Crippen LogP contribution < -0.4 is 5.32 Å². The first-order valence-electron chi connectivity index (χ1n) is 6.25. The van der Waals surface area contributed by atoms with Crippen LogP contribution in [-0.4, -0.2) is 43.0 Å². The van der Waals surface area contributed by atoms with Crippen LogP contribution in [-0.2, 0) is 14.8 Å². The highest BCUT2D eigenvalue weighted by atomic mass is 32.2. The van der Waals surface area contributed by atoms with E-state index in [2.05, 4.69) is 5.32 Å². The molecule has 0 spiro atoms. The number of carbonyl (C=O) groups is 1. The van der Waals surface area contributed by atoms with Gasteiger partial charge in [-0.05, 0) is 34.1 Å². The van der Waals surface area contributed by atoms with E-state index >= 15 is 0 Å². The van der Waals surface area contributed by atoms with Crippen molar-refractivity contribution in [1.82, 2.24) is 9.62 Å². The number of nitrogens with one attached hydrogen (secondary N) is 1. The third kappa shape index (κ3) is 6.96. The maximum absolute atomic E-state index is 11.7. The van der Waals surface area contributed by atoms with Crippen molar-refractivity contribution in [3.05, 3.63) is 0 Å². The van der Waals surface area contributed by atoms with E-state index in [-0.39, 0.29) is 30.5 Å². The van der Waals surface area contributed by atoms with Crippen LogP contribution in [0.2, 0.25) is 0 Å². The molecular weight excluding hydrogens is 252 g/mol. The molecule has 0 rings (SSSR count). The van der Waals surface area contributed by atoms with Gasteiger partial charge in [0.2, 0.25) is 15.9 Å². The maximum atomic E-state index is 11.7. The maximum Gasteiger partial charge on any atom is 0.221 e. The highest BCUT2D eigenvalue weighted by Gasteiger charge is 2.23. The van der Waals surface area contributed by atoms with Gasteiger partial charge >= 0.3 is 0 Å². The summed E-state index contributed by atoms with van der Waals surface area (Å²) in [6, 6.07) is -0.0811. The Morgan fingerprint density at radius 2 is 1.83 bits per heavy atom. The molecule has 1 atom stereocenters. The summed E-state index contributed by atoms with van der Waals surface area (Å²) >= 11 is 0. The third-order valence-corrected chi connectivity index (χ3v) is 3.98. The standard InChI is InChI=1S/C12H26N2O3S/c1-7-10(2)14(18(6,16)17)9-8-11(15)13-12(3,4)5/h10H,7-9H2,1-6H3,(H,13,15). The summed E-state index contributed by atoms with van der Waals surface area (Å²) in [4.78, 5) is 11.7. The lowest BCUT2D eigenvalue weighted by molar-refractivity contribution is -0.122. The molecule has 0 radical (unpaired) electrons. The Hall–Kier alpha value is -0.620. The molecule has 5 nitrogen and oxygen atoms in total. The second kappa shape index (κ2) is 6.52. The smallest absolute Gasteiger partial charge is 0.221 e. The average molecular weight is 278 g/mol. The minimum absolute atomic E-state index is 0.0811. The van der Waals surface area contributed by atoms with Crippen LogP contribution in [0, 0.1) is 0 Å². The molecule has 0 heterocycles. The molecule has 1 unspecified atom stereocenters. The quantitative estimate of drug-likeness (QED) is 0.797. The molecule has 0 saturated carbocycles. The number of sulfonamides is 1. The number of rotatable bonds is 6. The summed E-state index contributed by atoms with van der Waals surface area (Å²) in [5.41, 5.74) is -0.288. The number of amides is 1. The van der Waals surface area contributed by atoms with Crippen LogP contribution in [0.15, 0.2) is 0 Å². The minimum atomic E-state index is -3.26. The van der Waals surface area contributed by atoms with Crippen molar-refractivity contribution in [3.8, 4) is 0 Å². The zero-order chi connectivity index (χ0) is 14.6. The Balaban J connectivity index is 4.51. The summed E-state index contributed by atoms with van der Waals surface area (Å²) in [5.74, 6) is -0.126. The predicted molar refractivity (Wildman–Crippen MR) is 73.8 cm³/mol. The lowest BCUT2D eigenvalue weighted by atomic mass is 10.1. The molecule has 108 valence electrons. The van der Waals surface area contributed by atoms with Crippen LogP contribution in [0.1, 0.15) is 47.5 Å².